The number of hydrogen-bond acceptors (Lipinski definition) is 7. The second kappa shape index (κ2) is 11.5. The van der Waals surface area contributed by atoms with E-state index in [4.69, 9.17) is 14.2 Å². The number of ether oxygens (including phenoxy) is 3. The van der Waals surface area contributed by atoms with Gasteiger partial charge < -0.3 is 19.5 Å². The van der Waals surface area contributed by atoms with E-state index < -0.39 is 29.2 Å². The Morgan fingerprint density at radius 3 is 1.83 bits per heavy atom. The first-order valence-electron chi connectivity index (χ1n) is 9.95. The molecule has 1 amide bonds. The number of amides is 1. The van der Waals surface area contributed by atoms with Crippen LogP contribution in [0.4, 0.5) is 4.79 Å². The van der Waals surface area contributed by atoms with Crippen LogP contribution in [0.5, 0.6) is 0 Å². The summed E-state index contributed by atoms with van der Waals surface area (Å²) in [6, 6.07) is 9.32. The lowest BCUT2D eigenvalue weighted by Gasteiger charge is -2.26. The standard InChI is InChI=1S/C22H34N2O6/c1-21(2,3)29-18(25)14-24(15-19(26)30-22(4,5)6)13-12-23-20(27)28-16-17-10-8-7-9-11-17/h7-11H,12-16H2,1-6H3,(H,23,27). The Morgan fingerprint density at radius 1 is 0.867 bits per heavy atom. The maximum Gasteiger partial charge on any atom is 0.407 e. The molecule has 0 unspecified atom stereocenters. The van der Waals surface area contributed by atoms with Crippen molar-refractivity contribution in [3.8, 4) is 0 Å². The zero-order chi connectivity index (χ0) is 22.8. The maximum atomic E-state index is 12.2. The summed E-state index contributed by atoms with van der Waals surface area (Å²) >= 11 is 0. The molecule has 168 valence electrons. The van der Waals surface area contributed by atoms with E-state index in [9.17, 15) is 14.4 Å². The molecule has 0 heterocycles. The van der Waals surface area contributed by atoms with Crippen molar-refractivity contribution in [3.05, 3.63) is 35.9 Å². The number of hydrogen-bond donors (Lipinski definition) is 1. The summed E-state index contributed by atoms with van der Waals surface area (Å²) in [6.45, 7) is 11.0. The van der Waals surface area contributed by atoms with Crippen molar-refractivity contribution in [2.24, 2.45) is 0 Å². The molecule has 0 radical (unpaired) electrons. The molecule has 0 atom stereocenters. The summed E-state index contributed by atoms with van der Waals surface area (Å²) in [4.78, 5) is 37.8. The molecule has 0 aromatic heterocycles. The molecule has 0 aliphatic rings. The number of esters is 2. The first-order valence-corrected chi connectivity index (χ1v) is 9.95. The molecule has 1 rings (SSSR count). The fraction of sp³-hybridized carbons (Fsp3) is 0.591. The Morgan fingerprint density at radius 2 is 1.37 bits per heavy atom. The van der Waals surface area contributed by atoms with Crippen LogP contribution >= 0.6 is 0 Å². The smallest absolute Gasteiger partial charge is 0.407 e. The van der Waals surface area contributed by atoms with Crippen molar-refractivity contribution >= 4 is 18.0 Å². The summed E-state index contributed by atoms with van der Waals surface area (Å²) in [5, 5.41) is 2.62. The Kier molecular flexibility index (Phi) is 9.78. The Labute approximate surface area is 178 Å². The zero-order valence-electron chi connectivity index (χ0n) is 18.8. The lowest BCUT2D eigenvalue weighted by Crippen LogP contribution is -2.43. The van der Waals surface area contributed by atoms with Crippen molar-refractivity contribution in [2.45, 2.75) is 59.4 Å². The molecule has 0 saturated carbocycles. The Bertz CT molecular complexity index is 662. The second-order valence-corrected chi connectivity index (χ2v) is 8.87. The topological polar surface area (TPSA) is 94.2 Å². The molecule has 8 heteroatoms. The van der Waals surface area contributed by atoms with Crippen molar-refractivity contribution in [3.63, 3.8) is 0 Å². The minimum Gasteiger partial charge on any atom is -0.459 e. The number of benzene rings is 1. The lowest BCUT2D eigenvalue weighted by molar-refractivity contribution is -0.159. The van der Waals surface area contributed by atoms with E-state index in [0.717, 1.165) is 5.56 Å². The number of rotatable bonds is 9. The van der Waals surface area contributed by atoms with Crippen molar-refractivity contribution in [2.75, 3.05) is 26.2 Å². The first kappa shape index (κ1) is 25.4. The van der Waals surface area contributed by atoms with E-state index in [0.29, 0.717) is 0 Å². The van der Waals surface area contributed by atoms with Crippen LogP contribution in [0.2, 0.25) is 0 Å². The van der Waals surface area contributed by atoms with Crippen LogP contribution in [0.3, 0.4) is 0 Å². The Balaban J connectivity index is 2.53. The monoisotopic (exact) mass is 422 g/mol. The molecular weight excluding hydrogens is 388 g/mol. The van der Waals surface area contributed by atoms with Gasteiger partial charge in [-0.2, -0.15) is 0 Å². The minimum absolute atomic E-state index is 0.0999. The SMILES string of the molecule is CC(C)(C)OC(=O)CN(CCNC(=O)OCc1ccccc1)CC(=O)OC(C)(C)C. The van der Waals surface area contributed by atoms with Crippen LogP contribution in [-0.4, -0.2) is 60.3 Å². The largest absolute Gasteiger partial charge is 0.459 e. The van der Waals surface area contributed by atoms with Gasteiger partial charge in [0.05, 0.1) is 13.1 Å². The third kappa shape index (κ3) is 12.8. The molecule has 8 nitrogen and oxygen atoms in total. The van der Waals surface area contributed by atoms with Crippen molar-refractivity contribution < 1.29 is 28.6 Å². The molecule has 0 aliphatic carbocycles. The van der Waals surface area contributed by atoms with Gasteiger partial charge in [0.25, 0.3) is 0 Å². The molecule has 1 aromatic carbocycles. The summed E-state index contributed by atoms with van der Waals surface area (Å²) in [5.74, 6) is -0.921. The molecule has 1 aromatic rings. The van der Waals surface area contributed by atoms with E-state index in [1.807, 2.05) is 30.3 Å². The highest BCUT2D eigenvalue weighted by molar-refractivity contribution is 5.75. The predicted molar refractivity (Wildman–Crippen MR) is 113 cm³/mol. The predicted octanol–water partition coefficient (Wildman–Crippen LogP) is 2.90. The molecule has 0 spiro atoms. The highest BCUT2D eigenvalue weighted by atomic mass is 16.6. The van der Waals surface area contributed by atoms with Gasteiger partial charge in [0.2, 0.25) is 0 Å². The van der Waals surface area contributed by atoms with Crippen LogP contribution in [0, 0.1) is 0 Å². The lowest BCUT2D eigenvalue weighted by atomic mass is 10.2. The Hall–Kier alpha value is -2.61. The molecule has 0 bridgehead atoms. The zero-order valence-corrected chi connectivity index (χ0v) is 18.8. The normalized spacial score (nSPS) is 11.7. The molecule has 0 aliphatic heterocycles. The highest BCUT2D eigenvalue weighted by Gasteiger charge is 2.23. The van der Waals surface area contributed by atoms with Crippen molar-refractivity contribution in [1.29, 1.82) is 0 Å². The summed E-state index contributed by atoms with van der Waals surface area (Å²) in [6.07, 6.45) is -0.576. The van der Waals surface area contributed by atoms with E-state index >= 15 is 0 Å². The van der Waals surface area contributed by atoms with Gasteiger partial charge in [0.15, 0.2) is 0 Å². The number of carbonyl (C=O) groups excluding carboxylic acids is 3. The van der Waals surface area contributed by atoms with E-state index in [1.54, 1.807) is 46.4 Å². The number of carbonyl (C=O) groups is 3. The van der Waals surface area contributed by atoms with E-state index in [1.165, 1.54) is 0 Å². The quantitative estimate of drug-likeness (QED) is 0.483. The number of nitrogens with zero attached hydrogens (tertiary/aromatic N) is 1. The molecule has 30 heavy (non-hydrogen) atoms. The van der Waals surface area contributed by atoms with Gasteiger partial charge in [-0.05, 0) is 47.1 Å². The summed E-state index contributed by atoms with van der Waals surface area (Å²) in [7, 11) is 0. The molecular formula is C22H34N2O6. The third-order valence-electron chi connectivity index (χ3n) is 3.46. The fourth-order valence-electron chi connectivity index (χ4n) is 2.42. The van der Waals surface area contributed by atoms with Gasteiger partial charge >= 0.3 is 18.0 Å². The number of alkyl carbamates (subject to hydrolysis) is 1. The van der Waals surface area contributed by atoms with Crippen LogP contribution in [0.25, 0.3) is 0 Å². The van der Waals surface area contributed by atoms with Gasteiger partial charge in [0, 0.05) is 13.1 Å². The van der Waals surface area contributed by atoms with Gasteiger partial charge in [-0.3, -0.25) is 14.5 Å². The summed E-state index contributed by atoms with van der Waals surface area (Å²) in [5.41, 5.74) is -0.383. The van der Waals surface area contributed by atoms with Crippen molar-refractivity contribution in [1.82, 2.24) is 10.2 Å². The molecule has 1 N–H and O–H groups in total. The van der Waals surface area contributed by atoms with Crippen LogP contribution in [-0.2, 0) is 30.4 Å². The van der Waals surface area contributed by atoms with Gasteiger partial charge in [-0.1, -0.05) is 30.3 Å². The van der Waals surface area contributed by atoms with Crippen LogP contribution < -0.4 is 5.32 Å². The van der Waals surface area contributed by atoms with Gasteiger partial charge in [0.1, 0.15) is 17.8 Å². The average Bonchev–Trinajstić information content (AvgIpc) is 2.57. The van der Waals surface area contributed by atoms with E-state index in [-0.39, 0.29) is 32.8 Å². The van der Waals surface area contributed by atoms with Crippen LogP contribution in [0.1, 0.15) is 47.1 Å². The third-order valence-corrected chi connectivity index (χ3v) is 3.46. The summed E-state index contributed by atoms with van der Waals surface area (Å²) < 4.78 is 15.8. The highest BCUT2D eigenvalue weighted by Crippen LogP contribution is 2.09. The van der Waals surface area contributed by atoms with Gasteiger partial charge in [-0.25, -0.2) is 4.79 Å². The fourth-order valence-corrected chi connectivity index (χ4v) is 2.42. The van der Waals surface area contributed by atoms with Gasteiger partial charge in [-0.15, -0.1) is 0 Å². The van der Waals surface area contributed by atoms with E-state index in [2.05, 4.69) is 5.32 Å². The van der Waals surface area contributed by atoms with Crippen LogP contribution in [0.15, 0.2) is 30.3 Å². The molecule has 0 saturated heterocycles. The minimum atomic E-state index is -0.631. The second-order valence-electron chi connectivity index (χ2n) is 8.87. The molecule has 0 fully saturated rings. The maximum absolute atomic E-state index is 12.2. The first-order chi connectivity index (χ1) is 13.8. The average molecular weight is 423 g/mol. The number of nitrogens with one attached hydrogen (secondary N) is 1.